The van der Waals surface area contributed by atoms with Crippen LogP contribution in [0.25, 0.3) is 0 Å². The monoisotopic (exact) mass is 366 g/mol. The largest absolute Gasteiger partial charge is 0.352 e. The van der Waals surface area contributed by atoms with Gasteiger partial charge in [-0.2, -0.15) is 0 Å². The molecule has 144 valence electrons. The molecule has 2 aromatic carbocycles. The molecule has 0 spiro atoms. The Morgan fingerprint density at radius 2 is 1.78 bits per heavy atom. The average Bonchev–Trinajstić information content (AvgIpc) is 2.68. The second-order valence-corrected chi connectivity index (χ2v) is 6.86. The summed E-state index contributed by atoms with van der Waals surface area (Å²) in [5.74, 6) is 0.776. The Hall–Kier alpha value is -2.82. The maximum atomic E-state index is 12.3. The Bertz CT molecular complexity index is 756. The van der Waals surface area contributed by atoms with Gasteiger partial charge in [-0.05, 0) is 36.6 Å². The summed E-state index contributed by atoms with van der Waals surface area (Å²) in [6.45, 7) is 5.30. The molecule has 0 aromatic heterocycles. The Labute approximate surface area is 162 Å². The van der Waals surface area contributed by atoms with E-state index in [-0.39, 0.29) is 11.9 Å². The van der Waals surface area contributed by atoms with Gasteiger partial charge < -0.3 is 15.5 Å². The highest BCUT2D eigenvalue weighted by Crippen LogP contribution is 2.08. The van der Waals surface area contributed by atoms with Crippen LogP contribution in [0.15, 0.2) is 59.6 Å². The van der Waals surface area contributed by atoms with Crippen LogP contribution in [-0.2, 0) is 13.1 Å². The molecule has 0 aliphatic rings. The van der Waals surface area contributed by atoms with Crippen molar-refractivity contribution in [3.63, 3.8) is 0 Å². The van der Waals surface area contributed by atoms with Crippen molar-refractivity contribution in [1.29, 1.82) is 0 Å². The van der Waals surface area contributed by atoms with E-state index in [4.69, 9.17) is 0 Å². The van der Waals surface area contributed by atoms with Gasteiger partial charge in [0.1, 0.15) is 0 Å². The highest BCUT2D eigenvalue weighted by molar-refractivity contribution is 5.94. The standard InChI is InChI=1S/C22H30N4O/c1-5-17(2)25-21(27)20-13-9-12-19(14-20)16-24-22(26(3)4)23-15-18-10-7-6-8-11-18/h6-14,17H,5,15-16H2,1-4H3,(H,23,24)(H,25,27). The lowest BCUT2D eigenvalue weighted by Crippen LogP contribution is -2.36. The smallest absolute Gasteiger partial charge is 0.251 e. The van der Waals surface area contributed by atoms with Gasteiger partial charge in [-0.1, -0.05) is 49.4 Å². The van der Waals surface area contributed by atoms with Crippen LogP contribution in [0.2, 0.25) is 0 Å². The molecule has 1 amide bonds. The van der Waals surface area contributed by atoms with E-state index >= 15 is 0 Å². The second-order valence-electron chi connectivity index (χ2n) is 6.86. The van der Waals surface area contributed by atoms with Crippen LogP contribution in [0.3, 0.4) is 0 Å². The van der Waals surface area contributed by atoms with Crippen LogP contribution in [0, 0.1) is 0 Å². The number of carbonyl (C=O) groups is 1. The van der Waals surface area contributed by atoms with E-state index in [1.807, 2.05) is 68.4 Å². The third kappa shape index (κ3) is 6.77. The van der Waals surface area contributed by atoms with Crippen LogP contribution >= 0.6 is 0 Å². The number of amides is 1. The van der Waals surface area contributed by atoms with Gasteiger partial charge in [-0.25, -0.2) is 4.99 Å². The molecule has 2 N–H and O–H groups in total. The number of benzene rings is 2. The first kappa shape index (κ1) is 20.5. The van der Waals surface area contributed by atoms with Gasteiger partial charge in [-0.15, -0.1) is 0 Å². The summed E-state index contributed by atoms with van der Waals surface area (Å²) in [7, 11) is 3.93. The van der Waals surface area contributed by atoms with Gasteiger partial charge in [0.05, 0.1) is 6.54 Å². The first-order valence-corrected chi connectivity index (χ1v) is 9.39. The van der Waals surface area contributed by atoms with E-state index in [0.29, 0.717) is 12.1 Å². The number of guanidine groups is 1. The molecule has 5 heteroatoms. The van der Waals surface area contributed by atoms with Crippen LogP contribution in [0.1, 0.15) is 41.8 Å². The molecule has 0 aliphatic heterocycles. The van der Waals surface area contributed by atoms with Gasteiger partial charge in [0.25, 0.3) is 5.91 Å². The number of aliphatic imine (C=N–C) groups is 1. The zero-order chi connectivity index (χ0) is 19.6. The molecule has 5 nitrogen and oxygen atoms in total. The van der Waals surface area contributed by atoms with Crippen LogP contribution in [0.4, 0.5) is 0 Å². The first-order valence-electron chi connectivity index (χ1n) is 9.39. The molecule has 0 bridgehead atoms. The van der Waals surface area contributed by atoms with Crippen LogP contribution in [-0.4, -0.2) is 36.9 Å². The number of rotatable bonds is 7. The lowest BCUT2D eigenvalue weighted by atomic mass is 10.1. The van der Waals surface area contributed by atoms with Crippen LogP contribution < -0.4 is 10.6 Å². The lowest BCUT2D eigenvalue weighted by Gasteiger charge is -2.18. The molecular weight excluding hydrogens is 336 g/mol. The van der Waals surface area contributed by atoms with Crippen molar-refractivity contribution < 1.29 is 4.79 Å². The summed E-state index contributed by atoms with van der Waals surface area (Å²) in [6, 6.07) is 18.0. The number of nitrogens with one attached hydrogen (secondary N) is 2. The van der Waals surface area contributed by atoms with Gasteiger partial charge in [0.15, 0.2) is 5.96 Å². The Balaban J connectivity index is 2.02. The molecule has 2 aromatic rings. The molecule has 0 radical (unpaired) electrons. The number of carbonyl (C=O) groups excluding carboxylic acids is 1. The van der Waals surface area contributed by atoms with Gasteiger partial charge in [0.2, 0.25) is 0 Å². The number of nitrogens with zero attached hydrogens (tertiary/aromatic N) is 2. The fourth-order valence-corrected chi connectivity index (χ4v) is 2.52. The van der Waals surface area contributed by atoms with E-state index < -0.39 is 0 Å². The molecule has 27 heavy (non-hydrogen) atoms. The summed E-state index contributed by atoms with van der Waals surface area (Å²) in [6.07, 6.45) is 0.912. The fourth-order valence-electron chi connectivity index (χ4n) is 2.52. The Morgan fingerprint density at radius 3 is 2.44 bits per heavy atom. The molecule has 2 rings (SSSR count). The third-order valence-corrected chi connectivity index (χ3v) is 4.31. The van der Waals surface area contributed by atoms with Crippen LogP contribution in [0.5, 0.6) is 0 Å². The minimum Gasteiger partial charge on any atom is -0.352 e. The maximum Gasteiger partial charge on any atom is 0.251 e. The lowest BCUT2D eigenvalue weighted by molar-refractivity contribution is 0.0939. The second kappa shape index (κ2) is 10.4. The zero-order valence-electron chi connectivity index (χ0n) is 16.7. The van der Waals surface area contributed by atoms with Crippen molar-refractivity contribution in [3.05, 3.63) is 71.3 Å². The van der Waals surface area contributed by atoms with Gasteiger partial charge in [-0.3, -0.25) is 4.79 Å². The maximum absolute atomic E-state index is 12.3. The van der Waals surface area contributed by atoms with Gasteiger partial charge >= 0.3 is 0 Å². The van der Waals surface area contributed by atoms with Crippen molar-refractivity contribution in [2.45, 2.75) is 39.4 Å². The molecular formula is C22H30N4O. The van der Waals surface area contributed by atoms with E-state index in [2.05, 4.69) is 34.7 Å². The van der Waals surface area contributed by atoms with Gasteiger partial charge in [0, 0.05) is 32.2 Å². The summed E-state index contributed by atoms with van der Waals surface area (Å²) in [4.78, 5) is 19.0. The normalized spacial score (nSPS) is 12.4. The first-order chi connectivity index (χ1) is 13.0. The molecule has 1 atom stereocenters. The highest BCUT2D eigenvalue weighted by atomic mass is 16.1. The Morgan fingerprint density at radius 1 is 1.07 bits per heavy atom. The minimum absolute atomic E-state index is 0.0368. The van der Waals surface area contributed by atoms with E-state index in [1.54, 1.807) is 0 Å². The number of hydrogen-bond acceptors (Lipinski definition) is 2. The molecule has 0 fully saturated rings. The molecule has 1 unspecified atom stereocenters. The van der Waals surface area contributed by atoms with Crippen molar-refractivity contribution in [3.8, 4) is 0 Å². The average molecular weight is 367 g/mol. The van der Waals surface area contributed by atoms with E-state index in [0.717, 1.165) is 24.5 Å². The summed E-state index contributed by atoms with van der Waals surface area (Å²) in [5.41, 5.74) is 2.88. The summed E-state index contributed by atoms with van der Waals surface area (Å²) >= 11 is 0. The zero-order valence-corrected chi connectivity index (χ0v) is 16.7. The molecule has 0 saturated carbocycles. The fraction of sp³-hybridized carbons (Fsp3) is 0.364. The highest BCUT2D eigenvalue weighted by Gasteiger charge is 2.09. The summed E-state index contributed by atoms with van der Waals surface area (Å²) < 4.78 is 0. The number of hydrogen-bond donors (Lipinski definition) is 2. The molecule has 0 saturated heterocycles. The van der Waals surface area contributed by atoms with E-state index in [9.17, 15) is 4.79 Å². The van der Waals surface area contributed by atoms with Crippen molar-refractivity contribution in [1.82, 2.24) is 15.5 Å². The quantitative estimate of drug-likeness (QED) is 0.583. The molecule has 0 aliphatic carbocycles. The summed E-state index contributed by atoms with van der Waals surface area (Å²) in [5, 5.41) is 6.37. The minimum atomic E-state index is -0.0368. The predicted molar refractivity (Wildman–Crippen MR) is 112 cm³/mol. The van der Waals surface area contributed by atoms with E-state index in [1.165, 1.54) is 5.56 Å². The third-order valence-electron chi connectivity index (χ3n) is 4.31. The van der Waals surface area contributed by atoms with Crippen molar-refractivity contribution in [2.75, 3.05) is 14.1 Å². The molecule has 0 heterocycles. The van der Waals surface area contributed by atoms with Crippen molar-refractivity contribution in [2.24, 2.45) is 4.99 Å². The SMILES string of the molecule is CCC(C)NC(=O)c1cccc(CN=C(NCc2ccccc2)N(C)C)c1. The predicted octanol–water partition coefficient (Wildman–Crippen LogP) is 3.42. The van der Waals surface area contributed by atoms with Crippen molar-refractivity contribution >= 4 is 11.9 Å². The topological polar surface area (TPSA) is 56.7 Å². The Kier molecular flexibility index (Phi) is 7.86.